The summed E-state index contributed by atoms with van der Waals surface area (Å²) in [5.41, 5.74) is 0. The Morgan fingerprint density at radius 2 is 2.50 bits per heavy atom. The van der Waals surface area contributed by atoms with Gasteiger partial charge < -0.3 is 0 Å². The lowest BCUT2D eigenvalue weighted by molar-refractivity contribution is 0.105. The molecule has 52 valence electrons. The quantitative estimate of drug-likeness (QED) is 0.403. The van der Waals surface area contributed by atoms with Crippen molar-refractivity contribution in [3.05, 3.63) is 26.0 Å². The topological polar surface area (TPSA) is 17.1 Å². The fourth-order valence-corrected chi connectivity index (χ4v) is 2.49. The van der Waals surface area contributed by atoms with Crippen LogP contribution in [-0.2, 0) is 0 Å². The summed E-state index contributed by atoms with van der Waals surface area (Å²) in [6, 6.07) is 0. The van der Waals surface area contributed by atoms with E-state index in [4.69, 9.17) is 12.2 Å². The molecule has 0 N–H and O–H groups in total. The lowest BCUT2D eigenvalue weighted by atomic mass is 10.4. The highest BCUT2D eigenvalue weighted by Crippen LogP contribution is 2.17. The molecule has 0 bridgehead atoms. The molecule has 0 spiro atoms. The van der Waals surface area contributed by atoms with Crippen molar-refractivity contribution in [2.24, 2.45) is 0 Å². The van der Waals surface area contributed by atoms with Crippen molar-refractivity contribution in [1.29, 1.82) is 0 Å². The average Bonchev–Trinajstić information content (AvgIpc) is 2.34. The molecule has 1 aromatic rings. The van der Waals surface area contributed by atoms with E-state index in [9.17, 15) is 4.79 Å². The maximum absolute atomic E-state index is 10.9. The van der Waals surface area contributed by atoms with Gasteiger partial charge in [0.1, 0.15) is 3.14 Å². The van der Waals surface area contributed by atoms with Crippen LogP contribution in [0.3, 0.4) is 0 Å². The van der Waals surface area contributed by atoms with Gasteiger partial charge in [-0.05, 0) is 6.08 Å². The molecule has 0 radical (unpaired) electrons. The Kier molecular flexibility index (Phi) is 2.48. The minimum Gasteiger partial charge on any atom is -0.288 e. The first-order valence-electron chi connectivity index (χ1n) is 2.49. The number of hydrogen-bond acceptors (Lipinski definition) is 4. The second-order valence-electron chi connectivity index (χ2n) is 1.52. The van der Waals surface area contributed by atoms with Crippen molar-refractivity contribution >= 4 is 40.7 Å². The minimum atomic E-state index is -0.0441. The molecule has 1 nitrogen and oxygen atoms in total. The van der Waals surface area contributed by atoms with Gasteiger partial charge in [0.2, 0.25) is 0 Å². The van der Waals surface area contributed by atoms with E-state index in [0.29, 0.717) is 4.88 Å². The van der Waals surface area contributed by atoms with E-state index in [2.05, 4.69) is 6.58 Å². The standard InChI is InChI=1S/C6H4OS3/c1-2-4(7)5-3-9-6(8)10-5/h2-3H,1H2. The van der Waals surface area contributed by atoms with Gasteiger partial charge in [-0.15, -0.1) is 22.7 Å². The van der Waals surface area contributed by atoms with Crippen LogP contribution in [0.5, 0.6) is 0 Å². The molecule has 0 aromatic carbocycles. The maximum Gasteiger partial charge on any atom is 0.196 e. The van der Waals surface area contributed by atoms with Crippen LogP contribution in [0, 0.1) is 3.14 Å². The van der Waals surface area contributed by atoms with Gasteiger partial charge in [0.25, 0.3) is 0 Å². The Hall–Kier alpha value is -0.320. The van der Waals surface area contributed by atoms with Gasteiger partial charge in [0.15, 0.2) is 5.78 Å². The lowest BCUT2D eigenvalue weighted by Crippen LogP contribution is -1.85. The molecule has 0 amide bonds. The monoisotopic (exact) mass is 188 g/mol. The summed E-state index contributed by atoms with van der Waals surface area (Å²) in [6.45, 7) is 3.37. The number of carbonyl (C=O) groups excluding carboxylic acids is 1. The summed E-state index contributed by atoms with van der Waals surface area (Å²) >= 11 is 7.60. The van der Waals surface area contributed by atoms with Gasteiger partial charge in [0, 0.05) is 5.38 Å². The number of carbonyl (C=O) groups is 1. The van der Waals surface area contributed by atoms with E-state index in [1.54, 1.807) is 5.38 Å². The molecule has 0 saturated carbocycles. The summed E-state index contributed by atoms with van der Waals surface area (Å²) in [7, 11) is 0. The zero-order valence-electron chi connectivity index (χ0n) is 4.99. The van der Waals surface area contributed by atoms with Crippen molar-refractivity contribution in [3.63, 3.8) is 0 Å². The van der Waals surface area contributed by atoms with Crippen molar-refractivity contribution in [2.45, 2.75) is 0 Å². The normalized spacial score (nSPS) is 9.20. The molecule has 0 atom stereocenters. The van der Waals surface area contributed by atoms with E-state index in [0.717, 1.165) is 3.14 Å². The molecule has 4 heteroatoms. The Morgan fingerprint density at radius 3 is 2.90 bits per heavy atom. The van der Waals surface area contributed by atoms with Gasteiger partial charge in [0.05, 0.1) is 4.88 Å². The molecule has 0 fully saturated rings. The van der Waals surface area contributed by atoms with Gasteiger partial charge in [-0.1, -0.05) is 18.8 Å². The van der Waals surface area contributed by atoms with Gasteiger partial charge in [-0.25, -0.2) is 0 Å². The van der Waals surface area contributed by atoms with Crippen LogP contribution in [0.4, 0.5) is 0 Å². The summed E-state index contributed by atoms with van der Waals surface area (Å²) in [5, 5.41) is 1.76. The summed E-state index contributed by atoms with van der Waals surface area (Å²) in [4.78, 5) is 11.6. The molecular formula is C6H4OS3. The first kappa shape index (κ1) is 7.78. The fourth-order valence-electron chi connectivity index (χ4n) is 0.448. The molecule has 0 saturated heterocycles. The summed E-state index contributed by atoms with van der Waals surface area (Å²) in [6.07, 6.45) is 1.30. The Morgan fingerprint density at radius 1 is 1.80 bits per heavy atom. The Labute approximate surface area is 71.6 Å². The lowest BCUT2D eigenvalue weighted by Gasteiger charge is -1.81. The highest BCUT2D eigenvalue weighted by molar-refractivity contribution is 7.76. The summed E-state index contributed by atoms with van der Waals surface area (Å²) in [5.74, 6) is -0.0441. The van der Waals surface area contributed by atoms with Gasteiger partial charge in [-0.3, -0.25) is 4.79 Å². The highest BCUT2D eigenvalue weighted by atomic mass is 32.2. The van der Waals surface area contributed by atoms with E-state index < -0.39 is 0 Å². The highest BCUT2D eigenvalue weighted by Gasteiger charge is 2.01. The largest absolute Gasteiger partial charge is 0.288 e. The predicted octanol–water partition coefficient (Wildman–Crippen LogP) is 2.91. The van der Waals surface area contributed by atoms with Gasteiger partial charge in [-0.2, -0.15) is 0 Å². The number of allylic oxidation sites excluding steroid dienone is 1. The van der Waals surface area contributed by atoms with Crippen LogP contribution in [-0.4, -0.2) is 5.78 Å². The second kappa shape index (κ2) is 3.18. The summed E-state index contributed by atoms with van der Waals surface area (Å²) < 4.78 is 0.783. The van der Waals surface area contributed by atoms with E-state index in [1.807, 2.05) is 0 Å². The first-order valence-corrected chi connectivity index (χ1v) is 4.60. The van der Waals surface area contributed by atoms with Crippen LogP contribution in [0.15, 0.2) is 18.0 Å². The van der Waals surface area contributed by atoms with Crippen LogP contribution < -0.4 is 0 Å². The Balaban J connectivity index is 3.06. The van der Waals surface area contributed by atoms with Crippen molar-refractivity contribution in [2.75, 3.05) is 0 Å². The maximum atomic E-state index is 10.9. The molecule has 1 heterocycles. The third kappa shape index (κ3) is 1.59. The van der Waals surface area contributed by atoms with Crippen molar-refractivity contribution in [3.8, 4) is 0 Å². The van der Waals surface area contributed by atoms with Crippen LogP contribution in [0.1, 0.15) is 9.67 Å². The molecule has 0 aliphatic heterocycles. The SMILES string of the molecule is C=CC(=O)c1csc(=S)s1. The molecule has 10 heavy (non-hydrogen) atoms. The fraction of sp³-hybridized carbons (Fsp3) is 0. The van der Waals surface area contributed by atoms with E-state index >= 15 is 0 Å². The molecular weight excluding hydrogens is 184 g/mol. The predicted molar refractivity (Wildman–Crippen MR) is 47.6 cm³/mol. The molecule has 1 rings (SSSR count). The minimum absolute atomic E-state index is 0.0441. The third-order valence-electron chi connectivity index (χ3n) is 0.884. The molecule has 1 aromatic heterocycles. The van der Waals surface area contributed by atoms with E-state index in [1.165, 1.54) is 28.7 Å². The first-order chi connectivity index (χ1) is 4.74. The van der Waals surface area contributed by atoms with Crippen molar-refractivity contribution in [1.82, 2.24) is 0 Å². The average molecular weight is 188 g/mol. The number of rotatable bonds is 2. The molecule has 0 aliphatic rings. The number of ketones is 1. The van der Waals surface area contributed by atoms with Crippen LogP contribution >= 0.6 is 34.9 Å². The third-order valence-corrected chi connectivity index (χ3v) is 3.36. The zero-order valence-corrected chi connectivity index (χ0v) is 7.44. The molecule has 0 aliphatic carbocycles. The Bertz CT molecular complexity index is 307. The molecule has 0 unspecified atom stereocenters. The smallest absolute Gasteiger partial charge is 0.196 e. The van der Waals surface area contributed by atoms with Crippen LogP contribution in [0.25, 0.3) is 0 Å². The van der Waals surface area contributed by atoms with Gasteiger partial charge >= 0.3 is 0 Å². The second-order valence-corrected chi connectivity index (χ2v) is 4.64. The zero-order chi connectivity index (χ0) is 7.56. The van der Waals surface area contributed by atoms with E-state index in [-0.39, 0.29) is 5.78 Å². The van der Waals surface area contributed by atoms with Crippen molar-refractivity contribution < 1.29 is 4.79 Å². The van der Waals surface area contributed by atoms with Crippen LogP contribution in [0.2, 0.25) is 0 Å². The number of hydrogen-bond donors (Lipinski definition) is 0.